The minimum absolute atomic E-state index is 0.113. The number of anilines is 1. The van der Waals surface area contributed by atoms with E-state index in [1.165, 1.54) is 59.1 Å². The van der Waals surface area contributed by atoms with Gasteiger partial charge < -0.3 is 5.32 Å². The van der Waals surface area contributed by atoms with E-state index >= 15 is 0 Å². The summed E-state index contributed by atoms with van der Waals surface area (Å²) in [6.07, 6.45) is 1.78. The fourth-order valence-corrected chi connectivity index (χ4v) is 5.20. The van der Waals surface area contributed by atoms with E-state index in [9.17, 15) is 17.6 Å². The number of nitrogens with one attached hydrogen (secondary N) is 1. The number of amides is 1. The third kappa shape index (κ3) is 4.04. The third-order valence-corrected chi connectivity index (χ3v) is 7.94. The molecule has 0 aliphatic carbocycles. The fourth-order valence-electron chi connectivity index (χ4n) is 3.12. The van der Waals surface area contributed by atoms with Crippen molar-refractivity contribution >= 4 is 38.0 Å². The maximum atomic E-state index is 13.4. The predicted octanol–water partition coefficient (Wildman–Crippen LogP) is 4.48. The van der Waals surface area contributed by atoms with E-state index in [0.29, 0.717) is 27.6 Å². The smallest absolute Gasteiger partial charge is 0.256 e. The highest BCUT2D eigenvalue weighted by Crippen LogP contribution is 2.31. The Morgan fingerprint density at radius 3 is 2.41 bits per heavy atom. The number of fused-ring (bicyclic) bond motifs is 1. The van der Waals surface area contributed by atoms with Crippen LogP contribution in [0.2, 0.25) is 0 Å². The van der Waals surface area contributed by atoms with Crippen molar-refractivity contribution in [3.05, 3.63) is 71.5 Å². The summed E-state index contributed by atoms with van der Waals surface area (Å²) in [6.45, 7) is 3.57. The molecule has 0 saturated heterocycles. The summed E-state index contributed by atoms with van der Waals surface area (Å²) in [6, 6.07) is 11.5. The summed E-state index contributed by atoms with van der Waals surface area (Å²) in [5.41, 5.74) is 1.48. The predicted molar refractivity (Wildman–Crippen MR) is 123 cm³/mol. The number of carbonyl (C=O) groups excluding carboxylic acids is 1. The quantitative estimate of drug-likeness (QED) is 0.448. The lowest BCUT2D eigenvalue weighted by atomic mass is 10.1. The molecule has 0 bridgehead atoms. The largest absolute Gasteiger partial charge is 0.306 e. The van der Waals surface area contributed by atoms with Crippen molar-refractivity contribution in [3.8, 4) is 11.3 Å². The van der Waals surface area contributed by atoms with Gasteiger partial charge in [0.2, 0.25) is 10.0 Å². The average Bonchev–Trinajstić information content (AvgIpc) is 3.36. The van der Waals surface area contributed by atoms with Crippen LogP contribution in [0.25, 0.3) is 16.2 Å². The Bertz CT molecular complexity index is 1380. The molecule has 4 rings (SSSR count). The third-order valence-electron chi connectivity index (χ3n) is 5.13. The molecule has 32 heavy (non-hydrogen) atoms. The number of hydrogen-bond acceptors (Lipinski definition) is 5. The molecule has 2 aromatic carbocycles. The van der Waals surface area contributed by atoms with Gasteiger partial charge in [-0.05, 0) is 62.4 Å². The Morgan fingerprint density at radius 2 is 1.78 bits per heavy atom. The standard InChI is InChI=1S/C22H21FN4O3S2/c1-14(2)26(3)32(29,30)18-10-6-16(7-11-18)21(28)25-20-19(15-4-8-17(23)9-5-15)24-22-27(20)12-13-31-22/h4-14H,1-3H3,(H,25,28). The number of hydrogen-bond donors (Lipinski definition) is 1. The molecule has 0 saturated carbocycles. The van der Waals surface area contributed by atoms with Gasteiger partial charge in [0.15, 0.2) is 4.96 Å². The molecule has 166 valence electrons. The Kier molecular flexibility index (Phi) is 5.85. The first kappa shape index (κ1) is 22.1. The molecule has 1 N–H and O–H groups in total. The number of thiazole rings is 1. The van der Waals surface area contributed by atoms with Crippen molar-refractivity contribution in [2.75, 3.05) is 12.4 Å². The number of aromatic nitrogens is 2. The molecule has 0 spiro atoms. The van der Waals surface area contributed by atoms with Crippen molar-refractivity contribution in [2.24, 2.45) is 0 Å². The van der Waals surface area contributed by atoms with E-state index in [-0.39, 0.29) is 16.8 Å². The normalized spacial score (nSPS) is 12.1. The van der Waals surface area contributed by atoms with E-state index in [0.717, 1.165) is 0 Å². The van der Waals surface area contributed by atoms with Crippen molar-refractivity contribution in [3.63, 3.8) is 0 Å². The van der Waals surface area contributed by atoms with Crippen molar-refractivity contribution in [2.45, 2.75) is 24.8 Å². The van der Waals surface area contributed by atoms with E-state index in [4.69, 9.17) is 0 Å². The Hall–Kier alpha value is -3.08. The summed E-state index contributed by atoms with van der Waals surface area (Å²) in [4.78, 5) is 18.3. The molecule has 0 aliphatic heterocycles. The molecule has 0 radical (unpaired) electrons. The van der Waals surface area contributed by atoms with Gasteiger partial charge in [0.1, 0.15) is 17.3 Å². The second-order valence-electron chi connectivity index (χ2n) is 7.46. The first-order valence-electron chi connectivity index (χ1n) is 9.79. The van der Waals surface area contributed by atoms with Crippen LogP contribution < -0.4 is 5.32 Å². The molecule has 4 aromatic rings. The van der Waals surface area contributed by atoms with E-state index in [2.05, 4.69) is 10.3 Å². The monoisotopic (exact) mass is 472 g/mol. The number of halogens is 1. The molecule has 2 heterocycles. The van der Waals surface area contributed by atoms with Crippen LogP contribution in [-0.4, -0.2) is 41.1 Å². The van der Waals surface area contributed by atoms with Crippen LogP contribution in [0.3, 0.4) is 0 Å². The zero-order chi connectivity index (χ0) is 23.0. The second kappa shape index (κ2) is 8.45. The fraction of sp³-hybridized carbons (Fsp3) is 0.182. The van der Waals surface area contributed by atoms with Crippen LogP contribution >= 0.6 is 11.3 Å². The Balaban J connectivity index is 1.64. The summed E-state index contributed by atoms with van der Waals surface area (Å²) in [5.74, 6) is -0.324. The number of nitrogens with zero attached hydrogens (tertiary/aromatic N) is 3. The van der Waals surface area contributed by atoms with Gasteiger partial charge in [0.05, 0.1) is 4.90 Å². The molecule has 10 heteroatoms. The first-order chi connectivity index (χ1) is 15.2. The van der Waals surface area contributed by atoms with Gasteiger partial charge >= 0.3 is 0 Å². The van der Waals surface area contributed by atoms with E-state index < -0.39 is 15.9 Å². The number of sulfonamides is 1. The molecule has 0 fully saturated rings. The van der Waals surface area contributed by atoms with Crippen LogP contribution in [0.15, 0.2) is 65.0 Å². The highest BCUT2D eigenvalue weighted by Gasteiger charge is 2.24. The van der Waals surface area contributed by atoms with Gasteiger partial charge in [-0.25, -0.2) is 17.8 Å². The van der Waals surface area contributed by atoms with Gasteiger partial charge in [-0.2, -0.15) is 4.31 Å². The zero-order valence-electron chi connectivity index (χ0n) is 17.6. The minimum Gasteiger partial charge on any atom is -0.306 e. The number of carbonyl (C=O) groups is 1. The van der Waals surface area contributed by atoms with Crippen LogP contribution in [0.1, 0.15) is 24.2 Å². The second-order valence-corrected chi connectivity index (χ2v) is 10.3. The number of rotatable bonds is 6. The van der Waals surface area contributed by atoms with Crippen LogP contribution in [0.5, 0.6) is 0 Å². The topological polar surface area (TPSA) is 83.8 Å². The molecule has 0 unspecified atom stereocenters. The molecule has 0 atom stereocenters. The van der Waals surface area contributed by atoms with E-state index in [1.54, 1.807) is 36.6 Å². The SMILES string of the molecule is CC(C)N(C)S(=O)(=O)c1ccc(C(=O)Nc2c(-c3ccc(F)cc3)nc3sccn23)cc1. The zero-order valence-corrected chi connectivity index (χ0v) is 19.2. The van der Waals surface area contributed by atoms with Gasteiger partial charge in [-0.3, -0.25) is 9.20 Å². The lowest BCUT2D eigenvalue weighted by molar-refractivity contribution is 0.102. The molecule has 7 nitrogen and oxygen atoms in total. The lowest BCUT2D eigenvalue weighted by Crippen LogP contribution is -2.33. The lowest BCUT2D eigenvalue weighted by Gasteiger charge is -2.21. The van der Waals surface area contributed by atoms with Crippen LogP contribution in [0.4, 0.5) is 10.2 Å². The molecular formula is C22H21FN4O3S2. The Morgan fingerprint density at radius 1 is 1.12 bits per heavy atom. The van der Waals surface area contributed by atoms with Crippen LogP contribution in [-0.2, 0) is 10.0 Å². The Labute approximate surface area is 189 Å². The minimum atomic E-state index is -3.64. The summed E-state index contributed by atoms with van der Waals surface area (Å²) in [5, 5.41) is 4.71. The molecular weight excluding hydrogens is 451 g/mol. The maximum Gasteiger partial charge on any atom is 0.256 e. The van der Waals surface area contributed by atoms with Crippen molar-refractivity contribution in [1.82, 2.24) is 13.7 Å². The summed E-state index contributed by atoms with van der Waals surface area (Å²) in [7, 11) is -2.12. The average molecular weight is 473 g/mol. The van der Waals surface area contributed by atoms with Gasteiger partial charge in [-0.1, -0.05) is 0 Å². The van der Waals surface area contributed by atoms with Gasteiger partial charge in [0, 0.05) is 35.8 Å². The number of benzene rings is 2. The van der Waals surface area contributed by atoms with E-state index in [1.807, 2.05) is 5.38 Å². The van der Waals surface area contributed by atoms with Gasteiger partial charge in [0.25, 0.3) is 5.91 Å². The molecule has 2 aromatic heterocycles. The van der Waals surface area contributed by atoms with Crippen molar-refractivity contribution in [1.29, 1.82) is 0 Å². The summed E-state index contributed by atoms with van der Waals surface area (Å²) >= 11 is 1.41. The van der Waals surface area contributed by atoms with Crippen LogP contribution in [0, 0.1) is 5.82 Å². The summed E-state index contributed by atoms with van der Waals surface area (Å²) < 4.78 is 41.7. The molecule has 0 aliphatic rings. The van der Waals surface area contributed by atoms with Gasteiger partial charge in [-0.15, -0.1) is 11.3 Å². The molecule has 1 amide bonds. The number of imidazole rings is 1. The highest BCUT2D eigenvalue weighted by atomic mass is 32.2. The maximum absolute atomic E-state index is 13.4. The van der Waals surface area contributed by atoms with Crippen molar-refractivity contribution < 1.29 is 17.6 Å². The highest BCUT2D eigenvalue weighted by molar-refractivity contribution is 7.89. The first-order valence-corrected chi connectivity index (χ1v) is 12.1.